The summed E-state index contributed by atoms with van der Waals surface area (Å²) < 4.78 is 4.94. The molecule has 7 heteroatoms. The molecule has 160 valence electrons. The lowest BCUT2D eigenvalue weighted by Crippen LogP contribution is -2.43. The quantitative estimate of drug-likeness (QED) is 0.423. The molecule has 0 spiro atoms. The van der Waals surface area contributed by atoms with Gasteiger partial charge in [0, 0.05) is 44.6 Å². The maximum Gasteiger partial charge on any atom is 0.338 e. The van der Waals surface area contributed by atoms with Crippen LogP contribution < -0.4 is 5.32 Å². The van der Waals surface area contributed by atoms with Gasteiger partial charge in [0.15, 0.2) is 0 Å². The van der Waals surface area contributed by atoms with Crippen molar-refractivity contribution in [1.82, 2.24) is 9.80 Å². The van der Waals surface area contributed by atoms with Gasteiger partial charge in [-0.15, -0.1) is 0 Å². The Kier molecular flexibility index (Phi) is 7.79. The maximum atomic E-state index is 12.5. The zero-order chi connectivity index (χ0) is 22.1. The third kappa shape index (κ3) is 6.43. The number of carbonyl (C=O) groups is 2. The van der Waals surface area contributed by atoms with E-state index in [4.69, 9.17) is 4.74 Å². The lowest BCUT2D eigenvalue weighted by atomic mass is 10.2. The van der Waals surface area contributed by atoms with Gasteiger partial charge in [-0.05, 0) is 36.8 Å². The summed E-state index contributed by atoms with van der Waals surface area (Å²) >= 11 is 0. The van der Waals surface area contributed by atoms with Crippen LogP contribution in [-0.4, -0.2) is 54.5 Å². The summed E-state index contributed by atoms with van der Waals surface area (Å²) in [4.78, 5) is 28.6. The van der Waals surface area contributed by atoms with E-state index in [1.165, 1.54) is 5.56 Å². The van der Waals surface area contributed by atoms with Gasteiger partial charge >= 0.3 is 5.97 Å². The minimum absolute atomic E-state index is 0.0472. The van der Waals surface area contributed by atoms with Gasteiger partial charge in [-0.2, -0.15) is 5.26 Å². The van der Waals surface area contributed by atoms with Crippen LogP contribution in [0, 0.1) is 11.3 Å². The first-order chi connectivity index (χ1) is 15.1. The molecular weight excluding hydrogens is 392 g/mol. The summed E-state index contributed by atoms with van der Waals surface area (Å²) in [5, 5.41) is 12.2. The van der Waals surface area contributed by atoms with Gasteiger partial charge in [0.1, 0.15) is 11.6 Å². The molecular formula is C24H26N4O3. The smallest absolute Gasteiger partial charge is 0.338 e. The normalized spacial score (nSPS) is 14.6. The topological polar surface area (TPSA) is 85.7 Å². The van der Waals surface area contributed by atoms with Gasteiger partial charge in [0.05, 0.1) is 12.2 Å². The third-order valence-electron chi connectivity index (χ3n) is 4.99. The molecule has 0 saturated carbocycles. The van der Waals surface area contributed by atoms with Crippen LogP contribution in [0.15, 0.2) is 66.4 Å². The highest BCUT2D eigenvalue weighted by Gasteiger charge is 2.18. The van der Waals surface area contributed by atoms with Crippen LogP contribution in [0.3, 0.4) is 0 Å². The van der Waals surface area contributed by atoms with E-state index in [-0.39, 0.29) is 5.57 Å². The first kappa shape index (κ1) is 22.1. The Morgan fingerprint density at radius 2 is 1.74 bits per heavy atom. The zero-order valence-electron chi connectivity index (χ0n) is 17.6. The van der Waals surface area contributed by atoms with Crippen molar-refractivity contribution in [2.75, 3.05) is 38.1 Å². The second-order valence-corrected chi connectivity index (χ2v) is 7.20. The molecule has 2 aromatic carbocycles. The van der Waals surface area contributed by atoms with Gasteiger partial charge in [-0.3, -0.25) is 9.69 Å². The van der Waals surface area contributed by atoms with E-state index in [2.05, 4.69) is 22.3 Å². The molecule has 1 fully saturated rings. The maximum absolute atomic E-state index is 12.5. The first-order valence-electron chi connectivity index (χ1n) is 10.3. The van der Waals surface area contributed by atoms with Crippen LogP contribution in [-0.2, 0) is 16.1 Å². The van der Waals surface area contributed by atoms with Crippen molar-refractivity contribution in [2.45, 2.75) is 13.5 Å². The molecule has 0 aromatic heterocycles. The largest absolute Gasteiger partial charge is 0.462 e. The Hall–Kier alpha value is -3.63. The number of esters is 1. The molecule has 3 rings (SSSR count). The molecule has 1 N–H and O–H groups in total. The number of nitrogens with zero attached hydrogens (tertiary/aromatic N) is 3. The fourth-order valence-electron chi connectivity index (χ4n) is 3.32. The van der Waals surface area contributed by atoms with Crippen LogP contribution >= 0.6 is 0 Å². The Morgan fingerprint density at radius 1 is 1.06 bits per heavy atom. The number of carbonyl (C=O) groups excluding carboxylic acids is 2. The Labute approximate surface area is 182 Å². The average molecular weight is 418 g/mol. The molecule has 1 amide bonds. The molecule has 1 heterocycles. The Balaban J connectivity index is 1.53. The number of nitriles is 1. The SMILES string of the molecule is CCOC(=O)c1ccc(NC(=O)/C(C#N)=C\N2CCN(Cc3ccccc3)CC2)cc1. The van der Waals surface area contributed by atoms with E-state index >= 15 is 0 Å². The number of piperazine rings is 1. The summed E-state index contributed by atoms with van der Waals surface area (Å²) in [6, 6.07) is 18.7. The minimum Gasteiger partial charge on any atom is -0.462 e. The van der Waals surface area contributed by atoms with E-state index in [0.717, 1.165) is 32.7 Å². The van der Waals surface area contributed by atoms with Crippen molar-refractivity contribution in [3.05, 3.63) is 77.5 Å². The Morgan fingerprint density at radius 3 is 2.35 bits per heavy atom. The van der Waals surface area contributed by atoms with E-state index < -0.39 is 11.9 Å². The number of anilines is 1. The van der Waals surface area contributed by atoms with Gasteiger partial charge in [0.25, 0.3) is 5.91 Å². The van der Waals surface area contributed by atoms with E-state index in [1.54, 1.807) is 37.4 Å². The van der Waals surface area contributed by atoms with E-state index in [9.17, 15) is 14.9 Å². The number of hydrogen-bond acceptors (Lipinski definition) is 6. The van der Waals surface area contributed by atoms with Crippen LogP contribution in [0.1, 0.15) is 22.8 Å². The van der Waals surface area contributed by atoms with Crippen molar-refractivity contribution in [1.29, 1.82) is 5.26 Å². The number of ether oxygens (including phenoxy) is 1. The van der Waals surface area contributed by atoms with Crippen molar-refractivity contribution in [3.8, 4) is 6.07 Å². The predicted octanol–water partition coefficient (Wildman–Crippen LogP) is 3.03. The van der Waals surface area contributed by atoms with Gasteiger partial charge in [0.2, 0.25) is 0 Å². The lowest BCUT2D eigenvalue weighted by molar-refractivity contribution is -0.112. The fraction of sp³-hybridized carbons (Fsp3) is 0.292. The number of hydrogen-bond donors (Lipinski definition) is 1. The molecule has 0 radical (unpaired) electrons. The van der Waals surface area contributed by atoms with Gasteiger partial charge in [-0.1, -0.05) is 30.3 Å². The molecule has 0 atom stereocenters. The summed E-state index contributed by atoms with van der Waals surface area (Å²) in [5.41, 5.74) is 2.24. The zero-order valence-corrected chi connectivity index (χ0v) is 17.6. The van der Waals surface area contributed by atoms with E-state index in [1.807, 2.05) is 29.2 Å². The average Bonchev–Trinajstić information content (AvgIpc) is 2.80. The molecule has 1 saturated heterocycles. The summed E-state index contributed by atoms with van der Waals surface area (Å²) in [5.74, 6) is -0.887. The number of amides is 1. The first-order valence-corrected chi connectivity index (χ1v) is 10.3. The molecule has 0 aliphatic carbocycles. The summed E-state index contributed by atoms with van der Waals surface area (Å²) in [6.07, 6.45) is 1.63. The number of rotatable bonds is 7. The molecule has 1 aliphatic heterocycles. The molecule has 1 aliphatic rings. The van der Waals surface area contributed by atoms with Crippen molar-refractivity contribution in [2.24, 2.45) is 0 Å². The number of nitrogens with one attached hydrogen (secondary N) is 1. The van der Waals surface area contributed by atoms with Crippen molar-refractivity contribution < 1.29 is 14.3 Å². The van der Waals surface area contributed by atoms with Crippen molar-refractivity contribution in [3.63, 3.8) is 0 Å². The lowest BCUT2D eigenvalue weighted by Gasteiger charge is -2.34. The third-order valence-corrected chi connectivity index (χ3v) is 4.99. The second kappa shape index (κ2) is 11.0. The van der Waals surface area contributed by atoms with Gasteiger partial charge < -0.3 is 15.0 Å². The van der Waals surface area contributed by atoms with Gasteiger partial charge in [-0.25, -0.2) is 4.79 Å². The highest BCUT2D eigenvalue weighted by molar-refractivity contribution is 6.06. The van der Waals surface area contributed by atoms with Crippen LogP contribution in [0.4, 0.5) is 5.69 Å². The summed E-state index contributed by atoms with van der Waals surface area (Å²) in [6.45, 7) is 6.16. The van der Waals surface area contributed by atoms with E-state index in [0.29, 0.717) is 17.9 Å². The standard InChI is InChI=1S/C24H26N4O3/c1-2-31-24(30)20-8-10-22(11-9-20)26-23(29)21(16-25)18-28-14-12-27(13-15-28)17-19-6-4-3-5-7-19/h3-11,18H,2,12-15,17H2,1H3,(H,26,29)/b21-18-. The molecule has 7 nitrogen and oxygen atoms in total. The highest BCUT2D eigenvalue weighted by atomic mass is 16.5. The fourth-order valence-corrected chi connectivity index (χ4v) is 3.32. The summed E-state index contributed by atoms with van der Waals surface area (Å²) in [7, 11) is 0. The molecule has 2 aromatic rings. The number of benzene rings is 2. The van der Waals surface area contributed by atoms with Crippen LogP contribution in [0.2, 0.25) is 0 Å². The minimum atomic E-state index is -0.474. The van der Waals surface area contributed by atoms with Crippen molar-refractivity contribution >= 4 is 17.6 Å². The van der Waals surface area contributed by atoms with Crippen LogP contribution in [0.5, 0.6) is 0 Å². The molecule has 0 unspecified atom stereocenters. The Bertz CT molecular complexity index is 957. The predicted molar refractivity (Wildman–Crippen MR) is 118 cm³/mol. The molecule has 31 heavy (non-hydrogen) atoms. The highest BCUT2D eigenvalue weighted by Crippen LogP contribution is 2.13. The molecule has 0 bridgehead atoms. The monoisotopic (exact) mass is 418 g/mol. The second-order valence-electron chi connectivity index (χ2n) is 7.20. The van der Waals surface area contributed by atoms with Crippen LogP contribution in [0.25, 0.3) is 0 Å².